The number of fused-ring (bicyclic) bond motifs is 1. The van der Waals surface area contributed by atoms with Gasteiger partial charge in [-0.25, -0.2) is 4.98 Å². The summed E-state index contributed by atoms with van der Waals surface area (Å²) in [5.74, 6) is 0.399. The molecule has 0 saturated heterocycles. The summed E-state index contributed by atoms with van der Waals surface area (Å²) in [5.41, 5.74) is 0.712. The van der Waals surface area contributed by atoms with E-state index in [4.69, 9.17) is 4.98 Å². The third-order valence-corrected chi connectivity index (χ3v) is 5.87. The van der Waals surface area contributed by atoms with E-state index < -0.39 is 0 Å². The number of para-hydroxylation sites is 1. The van der Waals surface area contributed by atoms with Gasteiger partial charge >= 0.3 is 0 Å². The molecule has 1 aliphatic rings. The summed E-state index contributed by atoms with van der Waals surface area (Å²) in [5, 5.41) is 3.98. The molecule has 1 aromatic heterocycles. The van der Waals surface area contributed by atoms with Crippen molar-refractivity contribution in [3.8, 4) is 0 Å². The predicted molar refractivity (Wildman–Crippen MR) is 107 cm³/mol. The van der Waals surface area contributed by atoms with E-state index in [1.54, 1.807) is 0 Å². The minimum atomic E-state index is -0.297. The lowest BCUT2D eigenvalue weighted by atomic mass is 10.2. The van der Waals surface area contributed by atoms with Crippen LogP contribution in [0.25, 0.3) is 10.9 Å². The summed E-state index contributed by atoms with van der Waals surface area (Å²) < 4.78 is 1.84. The Kier molecular flexibility index (Phi) is 6.01. The van der Waals surface area contributed by atoms with Crippen molar-refractivity contribution in [1.29, 1.82) is 0 Å². The van der Waals surface area contributed by atoms with Gasteiger partial charge in [0.25, 0.3) is 5.56 Å². The number of carbonyl (C=O) groups excluding carboxylic acids is 1. The molecule has 1 heterocycles. The summed E-state index contributed by atoms with van der Waals surface area (Å²) >= 11 is 1.39. The molecular formula is C20H27N3O2S. The van der Waals surface area contributed by atoms with Crippen molar-refractivity contribution in [1.82, 2.24) is 14.9 Å². The highest BCUT2D eigenvalue weighted by atomic mass is 32.2. The number of hydrogen-bond donors (Lipinski definition) is 1. The molecule has 0 bridgehead atoms. The molecule has 0 radical (unpaired) electrons. The summed E-state index contributed by atoms with van der Waals surface area (Å²) in [4.78, 5) is 30.2. The van der Waals surface area contributed by atoms with E-state index in [1.807, 2.05) is 35.8 Å². The second-order valence-corrected chi connectivity index (χ2v) is 8.73. The van der Waals surface area contributed by atoms with Crippen molar-refractivity contribution in [3.63, 3.8) is 0 Å². The van der Waals surface area contributed by atoms with Crippen LogP contribution in [0.15, 0.2) is 34.2 Å². The van der Waals surface area contributed by atoms with Crippen LogP contribution in [0.3, 0.4) is 0 Å². The fourth-order valence-electron chi connectivity index (χ4n) is 3.35. The smallest absolute Gasteiger partial charge is 0.262 e. The number of rotatable bonds is 6. The van der Waals surface area contributed by atoms with Crippen LogP contribution in [0.1, 0.15) is 52.5 Å². The van der Waals surface area contributed by atoms with E-state index >= 15 is 0 Å². The van der Waals surface area contributed by atoms with Crippen molar-refractivity contribution >= 4 is 28.6 Å². The first-order chi connectivity index (χ1) is 12.5. The molecule has 6 heteroatoms. The molecular weight excluding hydrogens is 346 g/mol. The SMILES string of the molecule is CC(C)CNC(=O)[C@@H](C)Sc1nc2ccccc2c(=O)n1C1CCCC1. The molecule has 1 saturated carbocycles. The van der Waals surface area contributed by atoms with E-state index in [0.717, 1.165) is 25.7 Å². The molecule has 1 N–H and O–H groups in total. The monoisotopic (exact) mass is 373 g/mol. The van der Waals surface area contributed by atoms with Crippen molar-refractivity contribution in [3.05, 3.63) is 34.6 Å². The number of benzene rings is 1. The van der Waals surface area contributed by atoms with E-state index in [9.17, 15) is 9.59 Å². The van der Waals surface area contributed by atoms with Crippen LogP contribution in [-0.4, -0.2) is 27.3 Å². The van der Waals surface area contributed by atoms with E-state index in [-0.39, 0.29) is 22.8 Å². The fraction of sp³-hybridized carbons (Fsp3) is 0.550. The zero-order valence-corrected chi connectivity index (χ0v) is 16.5. The summed E-state index contributed by atoms with van der Waals surface area (Å²) in [6, 6.07) is 7.65. The first-order valence-electron chi connectivity index (χ1n) is 9.43. The second kappa shape index (κ2) is 8.25. The first-order valence-corrected chi connectivity index (χ1v) is 10.3. The van der Waals surface area contributed by atoms with Crippen molar-refractivity contribution in [2.75, 3.05) is 6.54 Å². The van der Waals surface area contributed by atoms with Crippen molar-refractivity contribution in [2.45, 2.75) is 62.9 Å². The van der Waals surface area contributed by atoms with Gasteiger partial charge in [-0.05, 0) is 37.8 Å². The Morgan fingerprint density at radius 2 is 1.96 bits per heavy atom. The van der Waals surface area contributed by atoms with Gasteiger partial charge in [-0.15, -0.1) is 0 Å². The number of nitrogens with one attached hydrogen (secondary N) is 1. The Hall–Kier alpha value is -1.82. The normalized spacial score (nSPS) is 16.3. The highest BCUT2D eigenvalue weighted by molar-refractivity contribution is 8.00. The Morgan fingerprint density at radius 1 is 1.27 bits per heavy atom. The molecule has 5 nitrogen and oxygen atoms in total. The molecule has 0 spiro atoms. The molecule has 2 aromatic rings. The minimum Gasteiger partial charge on any atom is -0.355 e. The van der Waals surface area contributed by atoms with Gasteiger partial charge in [0.1, 0.15) is 0 Å². The van der Waals surface area contributed by atoms with Crippen molar-refractivity contribution < 1.29 is 4.79 Å². The fourth-order valence-corrected chi connectivity index (χ4v) is 4.36. The largest absolute Gasteiger partial charge is 0.355 e. The summed E-state index contributed by atoms with van der Waals surface area (Å²) in [6.07, 6.45) is 4.28. The predicted octanol–water partition coefficient (Wildman–Crippen LogP) is 3.76. The van der Waals surface area contributed by atoms with Crippen LogP contribution in [0.5, 0.6) is 0 Å². The molecule has 140 valence electrons. The molecule has 1 atom stereocenters. The van der Waals surface area contributed by atoms with E-state index in [2.05, 4.69) is 19.2 Å². The number of nitrogens with zero attached hydrogens (tertiary/aromatic N) is 2. The Morgan fingerprint density at radius 3 is 2.65 bits per heavy atom. The number of carbonyl (C=O) groups is 1. The Bertz CT molecular complexity index is 841. The number of thioether (sulfide) groups is 1. The third kappa shape index (κ3) is 4.11. The van der Waals surface area contributed by atoms with Gasteiger partial charge < -0.3 is 5.32 Å². The molecule has 1 aromatic carbocycles. The standard InChI is InChI=1S/C20H27N3O2S/c1-13(2)12-21-18(24)14(3)26-20-22-17-11-7-6-10-16(17)19(25)23(20)15-8-4-5-9-15/h6-7,10-11,13-15H,4-5,8-9,12H2,1-3H3,(H,21,24)/t14-/m1/s1. The molecule has 1 amide bonds. The molecule has 0 unspecified atom stereocenters. The highest BCUT2D eigenvalue weighted by Crippen LogP contribution is 2.33. The van der Waals surface area contributed by atoms with E-state index in [1.165, 1.54) is 11.8 Å². The molecule has 1 aliphatic carbocycles. The van der Waals surface area contributed by atoms with Crippen LogP contribution >= 0.6 is 11.8 Å². The third-order valence-electron chi connectivity index (χ3n) is 4.80. The molecule has 26 heavy (non-hydrogen) atoms. The quantitative estimate of drug-likeness (QED) is 0.618. The Labute approximate surface area is 158 Å². The van der Waals surface area contributed by atoms with E-state index in [0.29, 0.717) is 28.5 Å². The van der Waals surface area contributed by atoms with Gasteiger partial charge in [0.05, 0.1) is 16.2 Å². The molecule has 0 aliphatic heterocycles. The first kappa shape index (κ1) is 19.0. The number of aromatic nitrogens is 2. The van der Waals surface area contributed by atoms with Gasteiger partial charge in [-0.1, -0.05) is 50.6 Å². The average Bonchev–Trinajstić information content (AvgIpc) is 3.14. The van der Waals surface area contributed by atoms with Gasteiger partial charge in [-0.2, -0.15) is 0 Å². The topological polar surface area (TPSA) is 64.0 Å². The van der Waals surface area contributed by atoms with Crippen molar-refractivity contribution in [2.24, 2.45) is 5.92 Å². The number of amides is 1. The van der Waals surface area contributed by atoms with Gasteiger partial charge in [0.15, 0.2) is 5.16 Å². The van der Waals surface area contributed by atoms with Crippen LogP contribution in [0.4, 0.5) is 0 Å². The van der Waals surface area contributed by atoms with Crippen LogP contribution < -0.4 is 10.9 Å². The molecule has 1 fully saturated rings. The molecule has 3 rings (SSSR count). The lowest BCUT2D eigenvalue weighted by Crippen LogP contribution is -2.34. The maximum atomic E-state index is 13.1. The number of hydrogen-bond acceptors (Lipinski definition) is 4. The van der Waals surface area contributed by atoms with Gasteiger partial charge in [0, 0.05) is 12.6 Å². The summed E-state index contributed by atoms with van der Waals surface area (Å²) in [7, 11) is 0. The lowest BCUT2D eigenvalue weighted by molar-refractivity contribution is -0.120. The van der Waals surface area contributed by atoms with Gasteiger partial charge in [-0.3, -0.25) is 14.2 Å². The Balaban J connectivity index is 1.94. The zero-order valence-electron chi connectivity index (χ0n) is 15.7. The lowest BCUT2D eigenvalue weighted by Gasteiger charge is -2.20. The zero-order chi connectivity index (χ0) is 18.7. The second-order valence-electron chi connectivity index (χ2n) is 7.42. The van der Waals surface area contributed by atoms with Crippen LogP contribution in [0.2, 0.25) is 0 Å². The minimum absolute atomic E-state index is 0.0101. The van der Waals surface area contributed by atoms with Crippen LogP contribution in [-0.2, 0) is 4.79 Å². The van der Waals surface area contributed by atoms with Crippen LogP contribution in [0, 0.1) is 5.92 Å². The highest BCUT2D eigenvalue weighted by Gasteiger charge is 2.25. The maximum absolute atomic E-state index is 13.1. The summed E-state index contributed by atoms with van der Waals surface area (Å²) in [6.45, 7) is 6.67. The van der Waals surface area contributed by atoms with Gasteiger partial charge in [0.2, 0.25) is 5.91 Å². The average molecular weight is 374 g/mol. The maximum Gasteiger partial charge on any atom is 0.262 e.